The minimum atomic E-state index is 0.194. The number of benzene rings is 2. The van der Waals surface area contributed by atoms with E-state index in [-0.39, 0.29) is 5.49 Å². The number of rotatable bonds is 3. The number of aryl methyl sites for hydroxylation is 1. The summed E-state index contributed by atoms with van der Waals surface area (Å²) in [5, 5.41) is 9.07. The molecule has 136 valence electrons. The van der Waals surface area contributed by atoms with Crippen LogP contribution in [0.2, 0.25) is 0 Å². The summed E-state index contributed by atoms with van der Waals surface area (Å²) in [5.74, 6) is 0. The van der Waals surface area contributed by atoms with Crippen molar-refractivity contribution in [1.82, 2.24) is 24.5 Å². The van der Waals surface area contributed by atoms with Gasteiger partial charge < -0.3 is 9.55 Å². The number of nitrogens with zero attached hydrogens (tertiary/aromatic N) is 4. The molecule has 0 aliphatic carbocycles. The number of hydrogen-bond acceptors (Lipinski definition) is 4. The Kier molecular flexibility index (Phi) is 3.76. The van der Waals surface area contributed by atoms with Crippen molar-refractivity contribution < 1.29 is 0 Å². The lowest BCUT2D eigenvalue weighted by molar-refractivity contribution is 0.783. The molecule has 28 heavy (non-hydrogen) atoms. The Morgan fingerprint density at radius 3 is 2.75 bits per heavy atom. The van der Waals surface area contributed by atoms with Crippen molar-refractivity contribution in [3.63, 3.8) is 0 Å². The molecule has 2 aromatic carbocycles. The zero-order chi connectivity index (χ0) is 19.1. The van der Waals surface area contributed by atoms with E-state index in [2.05, 4.69) is 58.3 Å². The van der Waals surface area contributed by atoms with Crippen LogP contribution in [-0.2, 0) is 6.54 Å². The minimum Gasteiger partial charge on any atom is -0.340 e. The van der Waals surface area contributed by atoms with Crippen LogP contribution < -0.4 is 5.49 Å². The lowest BCUT2D eigenvalue weighted by Crippen LogP contribution is -2.14. The molecule has 0 amide bonds. The van der Waals surface area contributed by atoms with Crippen molar-refractivity contribution >= 4 is 22.1 Å². The van der Waals surface area contributed by atoms with Crippen molar-refractivity contribution in [3.8, 4) is 11.3 Å². The summed E-state index contributed by atoms with van der Waals surface area (Å²) >= 11 is 0. The van der Waals surface area contributed by atoms with E-state index < -0.39 is 0 Å². The van der Waals surface area contributed by atoms with Gasteiger partial charge in [0.05, 0.1) is 30.4 Å². The standard InChI is InChI=1S/C22H18N6/c1-14-6-5-9-16-10-17(19(27-18(14)16)15-7-3-2-4-8-15)11-28-13-26-21(23)20-22(28)25-12-24-20/h2-10,12-13,23H,11H2,1H3,(H,24,25). The van der Waals surface area contributed by atoms with E-state index in [1.165, 1.54) is 0 Å². The Morgan fingerprint density at radius 2 is 1.89 bits per heavy atom. The maximum absolute atomic E-state index is 7.96. The molecule has 0 bridgehead atoms. The lowest BCUT2D eigenvalue weighted by atomic mass is 10.0. The monoisotopic (exact) mass is 366 g/mol. The van der Waals surface area contributed by atoms with Crippen LogP contribution in [0, 0.1) is 12.3 Å². The molecule has 3 heterocycles. The number of para-hydroxylation sites is 1. The van der Waals surface area contributed by atoms with Gasteiger partial charge in [-0.2, -0.15) is 0 Å². The van der Waals surface area contributed by atoms with E-state index in [4.69, 9.17) is 10.4 Å². The first-order chi connectivity index (χ1) is 13.7. The molecule has 0 atom stereocenters. The molecular formula is C22H18N6. The highest BCUT2D eigenvalue weighted by Crippen LogP contribution is 2.28. The van der Waals surface area contributed by atoms with Crippen LogP contribution in [0.15, 0.2) is 67.3 Å². The van der Waals surface area contributed by atoms with Gasteiger partial charge in [0.2, 0.25) is 0 Å². The summed E-state index contributed by atoms with van der Waals surface area (Å²) in [4.78, 5) is 16.6. The molecule has 0 fully saturated rings. The molecular weight excluding hydrogens is 348 g/mol. The number of imidazole rings is 1. The Labute approximate surface area is 161 Å². The van der Waals surface area contributed by atoms with Gasteiger partial charge in [-0.05, 0) is 24.1 Å². The number of fused-ring (bicyclic) bond motifs is 2. The zero-order valence-corrected chi connectivity index (χ0v) is 15.3. The number of pyridine rings is 1. The maximum atomic E-state index is 7.96. The Balaban J connectivity index is 1.74. The third-order valence-electron chi connectivity index (χ3n) is 4.97. The number of aromatic amines is 1. The topological polar surface area (TPSA) is 83.2 Å². The molecule has 0 unspecified atom stereocenters. The van der Waals surface area contributed by atoms with Crippen LogP contribution in [0.5, 0.6) is 0 Å². The van der Waals surface area contributed by atoms with E-state index in [9.17, 15) is 0 Å². The molecule has 0 radical (unpaired) electrons. The predicted molar refractivity (Wildman–Crippen MR) is 109 cm³/mol. The third kappa shape index (κ3) is 2.66. The minimum absolute atomic E-state index is 0.194. The average molecular weight is 366 g/mol. The van der Waals surface area contributed by atoms with Crippen LogP contribution in [-0.4, -0.2) is 24.5 Å². The van der Waals surface area contributed by atoms with Gasteiger partial charge in [0.15, 0.2) is 11.1 Å². The van der Waals surface area contributed by atoms with Crippen molar-refractivity contribution in [1.29, 1.82) is 5.41 Å². The fourth-order valence-corrected chi connectivity index (χ4v) is 3.58. The largest absolute Gasteiger partial charge is 0.340 e. The van der Waals surface area contributed by atoms with Crippen molar-refractivity contribution in [2.24, 2.45) is 0 Å². The predicted octanol–water partition coefficient (Wildman–Crippen LogP) is 3.81. The van der Waals surface area contributed by atoms with Crippen LogP contribution in [0.3, 0.4) is 0 Å². The molecule has 0 spiro atoms. The highest BCUT2D eigenvalue weighted by Gasteiger charge is 2.13. The van der Waals surface area contributed by atoms with Crippen molar-refractivity contribution in [2.75, 3.05) is 0 Å². The maximum Gasteiger partial charge on any atom is 0.173 e. The molecule has 0 saturated carbocycles. The van der Waals surface area contributed by atoms with E-state index in [1.807, 2.05) is 22.8 Å². The van der Waals surface area contributed by atoms with Crippen LogP contribution in [0.4, 0.5) is 0 Å². The second kappa shape index (κ2) is 6.42. The van der Waals surface area contributed by atoms with Crippen LogP contribution in [0.1, 0.15) is 11.1 Å². The van der Waals surface area contributed by atoms with Gasteiger partial charge in [0.25, 0.3) is 0 Å². The van der Waals surface area contributed by atoms with Gasteiger partial charge in [-0.3, -0.25) is 5.41 Å². The summed E-state index contributed by atoms with van der Waals surface area (Å²) in [6.45, 7) is 2.65. The fourth-order valence-electron chi connectivity index (χ4n) is 3.58. The number of H-pyrrole nitrogens is 1. The summed E-state index contributed by atoms with van der Waals surface area (Å²) in [5.41, 5.74) is 6.82. The molecule has 2 N–H and O–H groups in total. The highest BCUT2D eigenvalue weighted by atomic mass is 15.1. The van der Waals surface area contributed by atoms with Gasteiger partial charge >= 0.3 is 0 Å². The third-order valence-corrected chi connectivity index (χ3v) is 4.97. The molecule has 6 heteroatoms. The van der Waals surface area contributed by atoms with Crippen LogP contribution >= 0.6 is 0 Å². The van der Waals surface area contributed by atoms with Gasteiger partial charge in [-0.1, -0.05) is 48.5 Å². The zero-order valence-electron chi connectivity index (χ0n) is 15.3. The average Bonchev–Trinajstić information content (AvgIpc) is 3.22. The first-order valence-electron chi connectivity index (χ1n) is 9.08. The van der Waals surface area contributed by atoms with Gasteiger partial charge in [-0.25, -0.2) is 15.0 Å². The van der Waals surface area contributed by atoms with E-state index in [0.717, 1.165) is 33.3 Å². The van der Waals surface area contributed by atoms with Gasteiger partial charge in [0.1, 0.15) is 5.52 Å². The van der Waals surface area contributed by atoms with E-state index in [0.29, 0.717) is 17.7 Å². The molecule has 6 nitrogen and oxygen atoms in total. The number of aromatic nitrogens is 5. The summed E-state index contributed by atoms with van der Waals surface area (Å²) in [6.07, 6.45) is 3.27. The lowest BCUT2D eigenvalue weighted by Gasteiger charge is -2.14. The normalized spacial score (nSPS) is 11.3. The smallest absolute Gasteiger partial charge is 0.173 e. The molecule has 0 aliphatic heterocycles. The Hall–Kier alpha value is -3.80. The molecule has 0 aliphatic rings. The fraction of sp³-hybridized carbons (Fsp3) is 0.0909. The Morgan fingerprint density at radius 1 is 1.04 bits per heavy atom. The summed E-state index contributed by atoms with van der Waals surface area (Å²) in [6, 6.07) is 18.6. The molecule has 5 aromatic rings. The second-order valence-corrected chi connectivity index (χ2v) is 6.83. The number of nitrogens with one attached hydrogen (secondary N) is 2. The molecule has 3 aromatic heterocycles. The first-order valence-corrected chi connectivity index (χ1v) is 9.08. The molecule has 0 saturated heterocycles. The van der Waals surface area contributed by atoms with Gasteiger partial charge in [-0.15, -0.1) is 0 Å². The Bertz CT molecular complexity index is 1360. The summed E-state index contributed by atoms with van der Waals surface area (Å²) < 4.78 is 1.95. The van der Waals surface area contributed by atoms with E-state index >= 15 is 0 Å². The summed E-state index contributed by atoms with van der Waals surface area (Å²) in [7, 11) is 0. The highest BCUT2D eigenvalue weighted by molar-refractivity contribution is 5.86. The molecule has 5 rings (SSSR count). The van der Waals surface area contributed by atoms with Gasteiger partial charge in [0, 0.05) is 10.9 Å². The quantitative estimate of drug-likeness (QED) is 0.509. The van der Waals surface area contributed by atoms with Crippen LogP contribution in [0.25, 0.3) is 33.3 Å². The first kappa shape index (κ1) is 16.4. The van der Waals surface area contributed by atoms with Crippen molar-refractivity contribution in [2.45, 2.75) is 13.5 Å². The SMILES string of the molecule is Cc1cccc2cc(Cn3cnc(=N)c4[nH]cnc43)c(-c3ccccc3)nc12. The second-order valence-electron chi connectivity index (χ2n) is 6.83. The van der Waals surface area contributed by atoms with E-state index in [1.54, 1.807) is 12.7 Å². The number of hydrogen-bond donors (Lipinski definition) is 2. The van der Waals surface area contributed by atoms with Crippen molar-refractivity contribution in [3.05, 3.63) is 83.9 Å².